The Morgan fingerprint density at radius 2 is 1.71 bits per heavy atom. The maximum Gasteiger partial charge on any atom is 0.573 e. The van der Waals surface area contributed by atoms with E-state index in [2.05, 4.69) is 10.1 Å². The molecule has 0 saturated carbocycles. The molecule has 0 aromatic heterocycles. The molecule has 2 rings (SSSR count). The predicted octanol–water partition coefficient (Wildman–Crippen LogP) is 3.51. The summed E-state index contributed by atoms with van der Waals surface area (Å²) in [5.74, 6) is -1.61. The van der Waals surface area contributed by atoms with Gasteiger partial charge in [-0.15, -0.1) is 13.2 Å². The standard InChI is InChI=1S/C18H16F3NO5S/c1-2-28(25)15-6-4-3-5-14(15)17(24)26-11-16(23)22-12-7-9-13(10-8-12)27-18(19,20)21/h3-10H,2,11H2,1H3,(H,22,23)/t28-/m0/s1. The number of hydrogen-bond donors (Lipinski definition) is 1. The van der Waals surface area contributed by atoms with Crippen LogP contribution in [0.1, 0.15) is 17.3 Å². The summed E-state index contributed by atoms with van der Waals surface area (Å²) in [6.45, 7) is 1.09. The van der Waals surface area contributed by atoms with Gasteiger partial charge >= 0.3 is 12.3 Å². The van der Waals surface area contributed by atoms with Crippen LogP contribution in [0.3, 0.4) is 0 Å². The van der Waals surface area contributed by atoms with Crippen molar-refractivity contribution in [2.45, 2.75) is 18.2 Å². The third-order valence-corrected chi connectivity index (χ3v) is 4.69. The largest absolute Gasteiger partial charge is 0.573 e. The van der Waals surface area contributed by atoms with Gasteiger partial charge in [-0.2, -0.15) is 0 Å². The van der Waals surface area contributed by atoms with Crippen LogP contribution in [0, 0.1) is 0 Å². The summed E-state index contributed by atoms with van der Waals surface area (Å²) in [4.78, 5) is 24.4. The molecule has 0 radical (unpaired) electrons. The smallest absolute Gasteiger partial charge is 0.452 e. The number of amides is 1. The summed E-state index contributed by atoms with van der Waals surface area (Å²) in [5.41, 5.74) is 0.298. The predicted molar refractivity (Wildman–Crippen MR) is 95.4 cm³/mol. The molecule has 1 N–H and O–H groups in total. The lowest BCUT2D eigenvalue weighted by molar-refractivity contribution is -0.274. The summed E-state index contributed by atoms with van der Waals surface area (Å²) in [7, 11) is -1.37. The number of halogens is 3. The minimum atomic E-state index is -4.81. The second-order valence-corrected chi connectivity index (χ2v) is 7.04. The summed E-state index contributed by atoms with van der Waals surface area (Å²) >= 11 is 0. The molecule has 0 spiro atoms. The Bertz CT molecular complexity index is 868. The number of benzene rings is 2. The lowest BCUT2D eigenvalue weighted by atomic mass is 10.2. The van der Waals surface area contributed by atoms with E-state index in [1.54, 1.807) is 25.1 Å². The van der Waals surface area contributed by atoms with Crippen LogP contribution in [0.2, 0.25) is 0 Å². The highest BCUT2D eigenvalue weighted by Gasteiger charge is 2.31. The first-order valence-electron chi connectivity index (χ1n) is 8.00. The van der Waals surface area contributed by atoms with Gasteiger partial charge in [-0.3, -0.25) is 9.00 Å². The lowest BCUT2D eigenvalue weighted by Crippen LogP contribution is -2.21. The first kappa shape index (κ1) is 21.4. The second kappa shape index (κ2) is 9.36. The number of nitrogens with one attached hydrogen (secondary N) is 1. The molecule has 0 aliphatic carbocycles. The maximum absolute atomic E-state index is 12.2. The molecule has 1 atom stereocenters. The van der Waals surface area contributed by atoms with E-state index in [0.717, 1.165) is 12.1 Å². The van der Waals surface area contributed by atoms with Crippen LogP contribution in [-0.2, 0) is 20.3 Å². The fourth-order valence-corrected chi connectivity index (χ4v) is 3.07. The van der Waals surface area contributed by atoms with Crippen molar-refractivity contribution >= 4 is 28.4 Å². The third-order valence-electron chi connectivity index (χ3n) is 3.32. The zero-order chi connectivity index (χ0) is 20.7. The quantitative estimate of drug-likeness (QED) is 0.700. The molecule has 0 unspecified atom stereocenters. The van der Waals surface area contributed by atoms with Gasteiger partial charge in [-0.1, -0.05) is 19.1 Å². The van der Waals surface area contributed by atoms with Crippen LogP contribution in [-0.4, -0.2) is 34.8 Å². The highest BCUT2D eigenvalue weighted by molar-refractivity contribution is 7.85. The van der Waals surface area contributed by atoms with Crippen LogP contribution < -0.4 is 10.1 Å². The average molecular weight is 415 g/mol. The zero-order valence-electron chi connectivity index (χ0n) is 14.6. The molecular weight excluding hydrogens is 399 g/mol. The van der Waals surface area contributed by atoms with Crippen LogP contribution >= 0.6 is 0 Å². The molecule has 2 aromatic carbocycles. The van der Waals surface area contributed by atoms with Crippen molar-refractivity contribution in [1.82, 2.24) is 0 Å². The highest BCUT2D eigenvalue weighted by atomic mass is 32.2. The Hall–Kier alpha value is -2.88. The van der Waals surface area contributed by atoms with Crippen LogP contribution in [0.4, 0.5) is 18.9 Å². The topological polar surface area (TPSA) is 81.7 Å². The van der Waals surface area contributed by atoms with E-state index in [1.165, 1.54) is 18.2 Å². The van der Waals surface area contributed by atoms with Gasteiger partial charge in [0.25, 0.3) is 5.91 Å². The fourth-order valence-electron chi connectivity index (χ4n) is 2.14. The molecule has 2 aromatic rings. The monoisotopic (exact) mass is 415 g/mol. The first-order valence-corrected chi connectivity index (χ1v) is 9.31. The first-order chi connectivity index (χ1) is 13.2. The number of ether oxygens (including phenoxy) is 2. The molecule has 0 saturated heterocycles. The minimum Gasteiger partial charge on any atom is -0.452 e. The number of esters is 1. The second-order valence-electron chi connectivity index (χ2n) is 5.33. The van der Waals surface area contributed by atoms with E-state index >= 15 is 0 Å². The average Bonchev–Trinajstić information content (AvgIpc) is 2.66. The Morgan fingerprint density at radius 1 is 1.07 bits per heavy atom. The molecule has 150 valence electrons. The van der Waals surface area contributed by atoms with Crippen molar-refractivity contribution in [3.05, 3.63) is 54.1 Å². The highest BCUT2D eigenvalue weighted by Crippen LogP contribution is 2.24. The van der Waals surface area contributed by atoms with Gasteiger partial charge in [0.1, 0.15) is 5.75 Å². The van der Waals surface area contributed by atoms with E-state index in [9.17, 15) is 27.0 Å². The van der Waals surface area contributed by atoms with Crippen molar-refractivity contribution < 1.29 is 36.4 Å². The molecule has 6 nitrogen and oxygen atoms in total. The molecule has 0 aliphatic rings. The van der Waals surface area contributed by atoms with E-state index in [1.807, 2.05) is 0 Å². The van der Waals surface area contributed by atoms with Crippen molar-refractivity contribution in [2.24, 2.45) is 0 Å². The molecule has 10 heteroatoms. The van der Waals surface area contributed by atoms with Crippen LogP contribution in [0.15, 0.2) is 53.4 Å². The van der Waals surface area contributed by atoms with E-state index < -0.39 is 41.4 Å². The minimum absolute atomic E-state index is 0.101. The molecule has 0 aliphatic heterocycles. The number of carbonyl (C=O) groups is 2. The lowest BCUT2D eigenvalue weighted by Gasteiger charge is -2.11. The van der Waals surface area contributed by atoms with Gasteiger partial charge in [-0.25, -0.2) is 4.79 Å². The van der Waals surface area contributed by atoms with E-state index in [0.29, 0.717) is 10.6 Å². The van der Waals surface area contributed by atoms with Gasteiger partial charge in [-0.05, 0) is 36.4 Å². The van der Waals surface area contributed by atoms with Crippen LogP contribution in [0.5, 0.6) is 5.75 Å². The van der Waals surface area contributed by atoms with Gasteiger partial charge in [0.15, 0.2) is 6.61 Å². The summed E-state index contributed by atoms with van der Waals surface area (Å²) in [6, 6.07) is 10.7. The van der Waals surface area contributed by atoms with Gasteiger partial charge in [0.05, 0.1) is 21.3 Å². The number of anilines is 1. The Kier molecular flexibility index (Phi) is 7.16. The SMILES string of the molecule is CC[S@](=O)c1ccccc1C(=O)OCC(=O)Nc1ccc(OC(F)(F)F)cc1. The summed E-state index contributed by atoms with van der Waals surface area (Å²) in [5, 5.41) is 2.37. The van der Waals surface area contributed by atoms with Gasteiger partial charge in [0.2, 0.25) is 0 Å². The number of hydrogen-bond acceptors (Lipinski definition) is 5. The Morgan fingerprint density at radius 3 is 2.32 bits per heavy atom. The molecule has 0 fully saturated rings. The zero-order valence-corrected chi connectivity index (χ0v) is 15.4. The number of carbonyl (C=O) groups excluding carboxylic acids is 2. The normalized spacial score (nSPS) is 12.1. The van der Waals surface area contributed by atoms with Crippen molar-refractivity contribution in [3.8, 4) is 5.75 Å². The fraction of sp³-hybridized carbons (Fsp3) is 0.222. The molecule has 28 heavy (non-hydrogen) atoms. The van der Waals surface area contributed by atoms with Gasteiger partial charge < -0.3 is 14.8 Å². The third kappa shape index (κ3) is 6.38. The maximum atomic E-state index is 12.2. The molecule has 0 bridgehead atoms. The number of rotatable bonds is 7. The summed E-state index contributed by atoms with van der Waals surface area (Å²) in [6.07, 6.45) is -4.81. The molecular formula is C18H16F3NO5S. The number of alkyl halides is 3. The Labute approximate surface area is 161 Å². The van der Waals surface area contributed by atoms with E-state index in [-0.39, 0.29) is 11.3 Å². The van der Waals surface area contributed by atoms with Crippen molar-refractivity contribution in [3.63, 3.8) is 0 Å². The van der Waals surface area contributed by atoms with Crippen LogP contribution in [0.25, 0.3) is 0 Å². The van der Waals surface area contributed by atoms with Crippen molar-refractivity contribution in [2.75, 3.05) is 17.7 Å². The van der Waals surface area contributed by atoms with E-state index in [4.69, 9.17) is 4.74 Å². The summed E-state index contributed by atoms with van der Waals surface area (Å²) < 4.78 is 57.0. The van der Waals surface area contributed by atoms with Crippen molar-refractivity contribution in [1.29, 1.82) is 0 Å². The molecule has 1 amide bonds. The molecule has 0 heterocycles. The Balaban J connectivity index is 1.92. The van der Waals surface area contributed by atoms with Gasteiger partial charge in [0, 0.05) is 11.4 Å².